The summed E-state index contributed by atoms with van der Waals surface area (Å²) in [6.45, 7) is 5.69. The Labute approximate surface area is 218 Å². The van der Waals surface area contributed by atoms with E-state index in [2.05, 4.69) is 5.32 Å². The molecule has 0 saturated heterocycles. The van der Waals surface area contributed by atoms with Crippen LogP contribution in [0.3, 0.4) is 0 Å². The van der Waals surface area contributed by atoms with Crippen LogP contribution in [-0.2, 0) is 14.3 Å². The number of allylic oxidation sites excluding steroid dienone is 3. The molecule has 37 heavy (non-hydrogen) atoms. The zero-order chi connectivity index (χ0) is 26.7. The second-order valence-electron chi connectivity index (χ2n) is 9.52. The van der Waals surface area contributed by atoms with Gasteiger partial charge in [0.2, 0.25) is 0 Å². The Balaban J connectivity index is 1.81. The third-order valence-corrected chi connectivity index (χ3v) is 7.27. The van der Waals surface area contributed by atoms with E-state index < -0.39 is 11.9 Å². The van der Waals surface area contributed by atoms with E-state index in [0.717, 1.165) is 22.6 Å². The molecule has 0 spiro atoms. The van der Waals surface area contributed by atoms with Crippen molar-refractivity contribution < 1.29 is 28.5 Å². The molecular formula is C30H35NO6. The molecule has 1 aliphatic carbocycles. The lowest BCUT2D eigenvalue weighted by Gasteiger charge is -2.37. The van der Waals surface area contributed by atoms with Gasteiger partial charge in [-0.15, -0.1) is 0 Å². The van der Waals surface area contributed by atoms with Crippen molar-refractivity contribution in [3.63, 3.8) is 0 Å². The second-order valence-corrected chi connectivity index (χ2v) is 9.52. The van der Waals surface area contributed by atoms with Crippen LogP contribution in [0.25, 0.3) is 0 Å². The van der Waals surface area contributed by atoms with E-state index in [-0.39, 0.29) is 17.8 Å². The maximum absolute atomic E-state index is 13.8. The molecule has 0 unspecified atom stereocenters. The van der Waals surface area contributed by atoms with Crippen molar-refractivity contribution in [2.24, 2.45) is 0 Å². The number of methoxy groups -OCH3 is 3. The van der Waals surface area contributed by atoms with Crippen LogP contribution < -0.4 is 19.5 Å². The number of carbonyl (C=O) groups excluding carboxylic acids is 2. The first-order valence-corrected chi connectivity index (χ1v) is 12.6. The minimum Gasteiger partial charge on any atom is -0.497 e. The largest absolute Gasteiger partial charge is 0.497 e. The third kappa shape index (κ3) is 5.22. The van der Waals surface area contributed by atoms with Gasteiger partial charge in [0.1, 0.15) is 17.2 Å². The standard InChI is InChI=1S/C30H35NO6/c1-7-17(2)37-30(33)27-18(3)31-24-14-20(19-8-10-21(34-4)11-9-19)15-25(32)29(24)28(27)23-13-12-22(35-5)16-26(23)36-6/h8-13,16-17,20,28,31H,7,14-15H2,1-6H3/t17-,20-,28+/m1/s1. The maximum Gasteiger partial charge on any atom is 0.337 e. The topological polar surface area (TPSA) is 83.1 Å². The lowest BCUT2D eigenvalue weighted by molar-refractivity contribution is -0.144. The third-order valence-electron chi connectivity index (χ3n) is 7.27. The van der Waals surface area contributed by atoms with Crippen molar-refractivity contribution in [3.8, 4) is 17.2 Å². The van der Waals surface area contributed by atoms with Gasteiger partial charge in [0.05, 0.1) is 38.9 Å². The normalized spacial score (nSPS) is 20.1. The predicted octanol–water partition coefficient (Wildman–Crippen LogP) is 5.42. The Hall–Kier alpha value is -3.74. The molecule has 1 N–H and O–H groups in total. The summed E-state index contributed by atoms with van der Waals surface area (Å²) in [6, 6.07) is 13.3. The van der Waals surface area contributed by atoms with Crippen LogP contribution in [0.15, 0.2) is 65.0 Å². The van der Waals surface area contributed by atoms with Gasteiger partial charge in [0, 0.05) is 35.0 Å². The highest BCUT2D eigenvalue weighted by atomic mass is 16.5. The zero-order valence-corrected chi connectivity index (χ0v) is 22.3. The molecular weight excluding hydrogens is 470 g/mol. The molecule has 1 aliphatic heterocycles. The molecule has 2 aliphatic rings. The first-order chi connectivity index (χ1) is 17.8. The Morgan fingerprint density at radius 1 is 1.00 bits per heavy atom. The van der Waals surface area contributed by atoms with Crippen LogP contribution in [0.1, 0.15) is 63.0 Å². The van der Waals surface area contributed by atoms with Gasteiger partial charge in [-0.2, -0.15) is 0 Å². The summed E-state index contributed by atoms with van der Waals surface area (Å²) in [7, 11) is 4.79. The molecule has 7 nitrogen and oxygen atoms in total. The van der Waals surface area contributed by atoms with E-state index in [9.17, 15) is 9.59 Å². The first-order valence-electron chi connectivity index (χ1n) is 12.6. The van der Waals surface area contributed by atoms with Gasteiger partial charge in [-0.3, -0.25) is 4.79 Å². The maximum atomic E-state index is 13.8. The number of ether oxygens (including phenoxy) is 4. The number of ketones is 1. The van der Waals surface area contributed by atoms with Gasteiger partial charge in [-0.1, -0.05) is 25.1 Å². The molecule has 0 radical (unpaired) electrons. The van der Waals surface area contributed by atoms with Crippen molar-refractivity contribution in [2.75, 3.05) is 21.3 Å². The second kappa shape index (κ2) is 11.1. The summed E-state index contributed by atoms with van der Waals surface area (Å²) in [4.78, 5) is 27.3. The Bertz CT molecular complexity index is 1240. The van der Waals surface area contributed by atoms with Crippen LogP contribution in [0.5, 0.6) is 17.2 Å². The summed E-state index contributed by atoms with van der Waals surface area (Å²) in [6.07, 6.45) is 1.43. The number of nitrogens with one attached hydrogen (secondary N) is 1. The molecule has 3 atom stereocenters. The van der Waals surface area contributed by atoms with Crippen molar-refractivity contribution in [1.29, 1.82) is 0 Å². The number of esters is 1. The number of Topliss-reactive ketones (excluding diaryl/α,β-unsaturated/α-hetero) is 1. The molecule has 0 amide bonds. The van der Waals surface area contributed by atoms with Crippen LogP contribution >= 0.6 is 0 Å². The molecule has 196 valence electrons. The zero-order valence-electron chi connectivity index (χ0n) is 22.3. The molecule has 0 bridgehead atoms. The molecule has 2 aromatic carbocycles. The number of hydrogen-bond donors (Lipinski definition) is 1. The van der Waals surface area contributed by atoms with Gasteiger partial charge < -0.3 is 24.3 Å². The minimum atomic E-state index is -0.613. The van der Waals surface area contributed by atoms with E-state index in [1.54, 1.807) is 27.4 Å². The number of benzene rings is 2. The summed E-state index contributed by atoms with van der Waals surface area (Å²) in [5.41, 5.74) is 4.33. The first kappa shape index (κ1) is 26.3. The van der Waals surface area contributed by atoms with Crippen LogP contribution in [0.4, 0.5) is 0 Å². The van der Waals surface area contributed by atoms with Crippen molar-refractivity contribution in [2.45, 2.75) is 58.0 Å². The summed E-state index contributed by atoms with van der Waals surface area (Å²) < 4.78 is 22.1. The van der Waals surface area contributed by atoms with Gasteiger partial charge in [-0.05, 0) is 56.4 Å². The fraction of sp³-hybridized carbons (Fsp3) is 0.400. The molecule has 0 aromatic heterocycles. The van der Waals surface area contributed by atoms with E-state index in [4.69, 9.17) is 18.9 Å². The highest BCUT2D eigenvalue weighted by molar-refractivity contribution is 6.04. The van der Waals surface area contributed by atoms with Crippen LogP contribution in [-0.4, -0.2) is 39.2 Å². The Morgan fingerprint density at radius 3 is 2.30 bits per heavy atom. The van der Waals surface area contributed by atoms with Gasteiger partial charge in [0.25, 0.3) is 0 Å². The number of dihydropyridines is 1. The van der Waals surface area contributed by atoms with E-state index in [1.807, 2.05) is 57.2 Å². The molecule has 2 aromatic rings. The predicted molar refractivity (Wildman–Crippen MR) is 141 cm³/mol. The quantitative estimate of drug-likeness (QED) is 0.480. The van der Waals surface area contributed by atoms with E-state index in [0.29, 0.717) is 47.6 Å². The van der Waals surface area contributed by atoms with Crippen LogP contribution in [0, 0.1) is 0 Å². The lowest BCUT2D eigenvalue weighted by Crippen LogP contribution is -2.36. The Morgan fingerprint density at radius 2 is 1.68 bits per heavy atom. The fourth-order valence-electron chi connectivity index (χ4n) is 5.12. The van der Waals surface area contributed by atoms with Crippen molar-refractivity contribution in [1.82, 2.24) is 5.32 Å². The Kier molecular flexibility index (Phi) is 7.91. The van der Waals surface area contributed by atoms with Crippen molar-refractivity contribution >= 4 is 11.8 Å². The summed E-state index contributed by atoms with van der Waals surface area (Å²) in [5, 5.41) is 3.40. The van der Waals surface area contributed by atoms with E-state index >= 15 is 0 Å². The van der Waals surface area contributed by atoms with Gasteiger partial charge in [0.15, 0.2) is 5.78 Å². The number of hydrogen-bond acceptors (Lipinski definition) is 7. The van der Waals surface area contributed by atoms with Gasteiger partial charge >= 0.3 is 5.97 Å². The smallest absolute Gasteiger partial charge is 0.337 e. The van der Waals surface area contributed by atoms with E-state index in [1.165, 1.54) is 0 Å². The molecule has 0 saturated carbocycles. The van der Waals surface area contributed by atoms with Gasteiger partial charge in [-0.25, -0.2) is 4.79 Å². The number of rotatable bonds is 8. The highest BCUT2D eigenvalue weighted by Crippen LogP contribution is 2.48. The number of carbonyl (C=O) groups is 2. The molecule has 0 fully saturated rings. The fourth-order valence-corrected chi connectivity index (χ4v) is 5.12. The summed E-state index contributed by atoms with van der Waals surface area (Å²) in [5.74, 6) is 0.920. The highest BCUT2D eigenvalue weighted by Gasteiger charge is 2.42. The van der Waals surface area contributed by atoms with Crippen molar-refractivity contribution in [3.05, 3.63) is 76.1 Å². The van der Waals surface area contributed by atoms with Crippen LogP contribution in [0.2, 0.25) is 0 Å². The molecule has 1 heterocycles. The average Bonchev–Trinajstić information content (AvgIpc) is 2.91. The summed E-state index contributed by atoms with van der Waals surface area (Å²) >= 11 is 0. The minimum absolute atomic E-state index is 0.00113. The average molecular weight is 506 g/mol. The monoisotopic (exact) mass is 505 g/mol. The molecule has 7 heteroatoms. The lowest BCUT2D eigenvalue weighted by atomic mass is 9.71. The molecule has 4 rings (SSSR count). The SMILES string of the molecule is CC[C@@H](C)OC(=O)C1=C(C)NC2=C(C(=O)C[C@H](c3ccc(OC)cc3)C2)[C@H]1c1ccc(OC)cc1OC.